The normalized spacial score (nSPS) is 18.7. The number of carbonyl (C=O) groups is 1. The molecular formula is C12H13F2NO3. The van der Waals surface area contributed by atoms with Crippen molar-refractivity contribution in [3.05, 3.63) is 29.3 Å². The lowest BCUT2D eigenvalue weighted by atomic mass is 10.1. The molecule has 0 unspecified atom stereocenters. The quantitative estimate of drug-likeness (QED) is 0.892. The zero-order valence-electron chi connectivity index (χ0n) is 9.83. The van der Waals surface area contributed by atoms with Gasteiger partial charge in [0, 0.05) is 18.7 Å². The van der Waals surface area contributed by atoms with Crippen molar-refractivity contribution < 1.29 is 23.0 Å². The van der Waals surface area contributed by atoms with Gasteiger partial charge >= 0.3 is 0 Å². The molecule has 1 aromatic carbocycles. The highest BCUT2D eigenvalue weighted by Gasteiger charge is 2.23. The summed E-state index contributed by atoms with van der Waals surface area (Å²) in [6.45, 7) is 0.906. The Hall–Kier alpha value is -1.69. The Morgan fingerprint density at radius 1 is 1.44 bits per heavy atom. The summed E-state index contributed by atoms with van der Waals surface area (Å²) in [5.74, 6) is -2.62. The molecule has 18 heavy (non-hydrogen) atoms. The lowest BCUT2D eigenvalue weighted by Gasteiger charge is -2.12. The first-order valence-corrected chi connectivity index (χ1v) is 5.53. The van der Waals surface area contributed by atoms with Gasteiger partial charge in [-0.2, -0.15) is 0 Å². The van der Waals surface area contributed by atoms with E-state index in [1.54, 1.807) is 0 Å². The molecule has 0 saturated carbocycles. The minimum atomic E-state index is -0.941. The topological polar surface area (TPSA) is 47.6 Å². The Bertz CT molecular complexity index is 436. The second kappa shape index (κ2) is 5.30. The van der Waals surface area contributed by atoms with Crippen molar-refractivity contribution in [1.29, 1.82) is 0 Å². The summed E-state index contributed by atoms with van der Waals surface area (Å²) in [5, 5.41) is 2.53. The standard InChI is InChI=1S/C12H13F2NO3/c1-17-8-4-9(13)11(10(14)5-8)12(16)15-7-2-3-18-6-7/h4-5,7H,2-3,6H2,1H3,(H,15,16)/t7-/m0/s1. The van der Waals surface area contributed by atoms with E-state index in [1.165, 1.54) is 7.11 Å². The van der Waals surface area contributed by atoms with Crippen LogP contribution in [0, 0.1) is 11.6 Å². The van der Waals surface area contributed by atoms with Crippen molar-refractivity contribution in [3.63, 3.8) is 0 Å². The van der Waals surface area contributed by atoms with E-state index in [4.69, 9.17) is 9.47 Å². The molecule has 1 N–H and O–H groups in total. The van der Waals surface area contributed by atoms with E-state index in [0.717, 1.165) is 12.1 Å². The highest BCUT2D eigenvalue weighted by atomic mass is 19.1. The molecule has 0 bridgehead atoms. The molecule has 1 fully saturated rings. The third-order valence-corrected chi connectivity index (χ3v) is 2.74. The number of amides is 1. The van der Waals surface area contributed by atoms with Crippen LogP contribution in [0.25, 0.3) is 0 Å². The number of ether oxygens (including phenoxy) is 2. The Labute approximate surface area is 103 Å². The molecule has 0 radical (unpaired) electrons. The van der Waals surface area contributed by atoms with Crippen molar-refractivity contribution in [1.82, 2.24) is 5.32 Å². The van der Waals surface area contributed by atoms with Gasteiger partial charge in [-0.3, -0.25) is 4.79 Å². The zero-order valence-corrected chi connectivity index (χ0v) is 9.83. The van der Waals surface area contributed by atoms with Crippen LogP contribution in [0.3, 0.4) is 0 Å². The van der Waals surface area contributed by atoms with Gasteiger partial charge in [-0.25, -0.2) is 8.78 Å². The van der Waals surface area contributed by atoms with Gasteiger partial charge in [0.2, 0.25) is 0 Å². The smallest absolute Gasteiger partial charge is 0.257 e. The number of rotatable bonds is 3. The third kappa shape index (κ3) is 2.59. The number of halogens is 2. The Balaban J connectivity index is 2.18. The van der Waals surface area contributed by atoms with Gasteiger partial charge in [-0.05, 0) is 6.42 Å². The van der Waals surface area contributed by atoms with Crippen LogP contribution in [0.15, 0.2) is 12.1 Å². The molecule has 6 heteroatoms. The summed E-state index contributed by atoms with van der Waals surface area (Å²) >= 11 is 0. The van der Waals surface area contributed by atoms with Gasteiger partial charge in [-0.1, -0.05) is 0 Å². The van der Waals surface area contributed by atoms with Crippen LogP contribution >= 0.6 is 0 Å². The maximum atomic E-state index is 13.6. The fourth-order valence-electron chi connectivity index (χ4n) is 1.79. The minimum absolute atomic E-state index is 0.0331. The van der Waals surface area contributed by atoms with Gasteiger partial charge in [0.15, 0.2) is 0 Å². The van der Waals surface area contributed by atoms with E-state index in [0.29, 0.717) is 19.6 Å². The number of benzene rings is 1. The van der Waals surface area contributed by atoms with Crippen LogP contribution in [0.5, 0.6) is 5.75 Å². The first kappa shape index (κ1) is 12.8. The number of carbonyl (C=O) groups excluding carboxylic acids is 1. The minimum Gasteiger partial charge on any atom is -0.497 e. The SMILES string of the molecule is COc1cc(F)c(C(=O)N[C@H]2CCOC2)c(F)c1. The highest BCUT2D eigenvalue weighted by Crippen LogP contribution is 2.20. The summed E-state index contributed by atoms with van der Waals surface area (Å²) in [6, 6.07) is 1.75. The molecule has 2 rings (SSSR count). The molecule has 1 saturated heterocycles. The molecule has 4 nitrogen and oxygen atoms in total. The van der Waals surface area contributed by atoms with E-state index in [1.807, 2.05) is 0 Å². The zero-order chi connectivity index (χ0) is 13.1. The van der Waals surface area contributed by atoms with Crippen molar-refractivity contribution in [3.8, 4) is 5.75 Å². The molecule has 1 aliphatic heterocycles. The molecule has 1 heterocycles. The van der Waals surface area contributed by atoms with Gasteiger partial charge in [0.1, 0.15) is 22.9 Å². The fourth-order valence-corrected chi connectivity index (χ4v) is 1.79. The molecule has 1 aromatic rings. The average molecular weight is 257 g/mol. The fraction of sp³-hybridized carbons (Fsp3) is 0.417. The summed E-state index contributed by atoms with van der Waals surface area (Å²) in [7, 11) is 1.30. The molecule has 1 amide bonds. The Kier molecular flexibility index (Phi) is 3.76. The molecule has 0 aliphatic carbocycles. The van der Waals surface area contributed by atoms with Crippen LogP contribution in [-0.4, -0.2) is 32.3 Å². The molecule has 0 aromatic heterocycles. The van der Waals surface area contributed by atoms with Crippen molar-refractivity contribution in [2.75, 3.05) is 20.3 Å². The van der Waals surface area contributed by atoms with Crippen molar-refractivity contribution in [2.24, 2.45) is 0 Å². The van der Waals surface area contributed by atoms with E-state index in [-0.39, 0.29) is 11.8 Å². The van der Waals surface area contributed by atoms with Crippen molar-refractivity contribution >= 4 is 5.91 Å². The van der Waals surface area contributed by atoms with Crippen LogP contribution < -0.4 is 10.1 Å². The number of nitrogens with one attached hydrogen (secondary N) is 1. The van der Waals surface area contributed by atoms with Crippen LogP contribution in [0.2, 0.25) is 0 Å². The molecule has 1 atom stereocenters. The average Bonchev–Trinajstić information content (AvgIpc) is 2.80. The van der Waals surface area contributed by atoms with E-state index in [2.05, 4.69) is 5.32 Å². The molecular weight excluding hydrogens is 244 g/mol. The van der Waals surface area contributed by atoms with Gasteiger partial charge in [0.05, 0.1) is 19.8 Å². The first-order valence-electron chi connectivity index (χ1n) is 5.53. The predicted molar refractivity (Wildman–Crippen MR) is 59.6 cm³/mol. The Morgan fingerprint density at radius 3 is 2.61 bits per heavy atom. The third-order valence-electron chi connectivity index (χ3n) is 2.74. The van der Waals surface area contributed by atoms with E-state index >= 15 is 0 Å². The van der Waals surface area contributed by atoms with Gasteiger partial charge in [-0.15, -0.1) is 0 Å². The molecule has 98 valence electrons. The lowest BCUT2D eigenvalue weighted by molar-refractivity contribution is 0.0921. The van der Waals surface area contributed by atoms with Crippen molar-refractivity contribution in [2.45, 2.75) is 12.5 Å². The highest BCUT2D eigenvalue weighted by molar-refractivity contribution is 5.95. The van der Waals surface area contributed by atoms with E-state index in [9.17, 15) is 13.6 Å². The summed E-state index contributed by atoms with van der Waals surface area (Å²) < 4.78 is 37.0. The largest absolute Gasteiger partial charge is 0.497 e. The second-order valence-electron chi connectivity index (χ2n) is 4.00. The second-order valence-corrected chi connectivity index (χ2v) is 4.00. The van der Waals surface area contributed by atoms with Crippen LogP contribution in [0.4, 0.5) is 8.78 Å². The summed E-state index contributed by atoms with van der Waals surface area (Å²) in [4.78, 5) is 11.8. The molecule has 1 aliphatic rings. The maximum absolute atomic E-state index is 13.6. The number of methoxy groups -OCH3 is 1. The van der Waals surface area contributed by atoms with Gasteiger partial charge in [0.25, 0.3) is 5.91 Å². The predicted octanol–water partition coefficient (Wildman–Crippen LogP) is 1.49. The number of hydrogen-bond donors (Lipinski definition) is 1. The molecule has 0 spiro atoms. The first-order chi connectivity index (χ1) is 8.61. The monoisotopic (exact) mass is 257 g/mol. The maximum Gasteiger partial charge on any atom is 0.257 e. The van der Waals surface area contributed by atoms with E-state index < -0.39 is 23.1 Å². The Morgan fingerprint density at radius 2 is 2.11 bits per heavy atom. The number of hydrogen-bond acceptors (Lipinski definition) is 3. The lowest BCUT2D eigenvalue weighted by Crippen LogP contribution is -2.36. The van der Waals surface area contributed by atoms with Crippen LogP contribution in [0.1, 0.15) is 16.8 Å². The summed E-state index contributed by atoms with van der Waals surface area (Å²) in [5.41, 5.74) is -0.595. The summed E-state index contributed by atoms with van der Waals surface area (Å²) in [6.07, 6.45) is 0.644. The van der Waals surface area contributed by atoms with Crippen LogP contribution in [-0.2, 0) is 4.74 Å². The van der Waals surface area contributed by atoms with Gasteiger partial charge < -0.3 is 14.8 Å².